The lowest BCUT2D eigenvalue weighted by Crippen LogP contribution is -2.51. The Bertz CT molecular complexity index is 1480. The molecule has 0 heterocycles. The molecule has 0 fully saturated rings. The van der Waals surface area contributed by atoms with Gasteiger partial charge in [0, 0.05) is 34.8 Å². The summed E-state index contributed by atoms with van der Waals surface area (Å²) >= 11 is 12.9. The monoisotopic (exact) mass is 635 g/mol. The van der Waals surface area contributed by atoms with E-state index in [1.54, 1.807) is 49.4 Å². The third-order valence-corrected chi connectivity index (χ3v) is 9.00. The van der Waals surface area contributed by atoms with Gasteiger partial charge in [-0.25, -0.2) is 8.42 Å². The summed E-state index contributed by atoms with van der Waals surface area (Å²) in [5.74, 6) is -0.205. The smallest absolute Gasteiger partial charge is 0.264 e. The van der Waals surface area contributed by atoms with E-state index >= 15 is 0 Å². The molecule has 1 atom stereocenters. The van der Waals surface area contributed by atoms with Crippen LogP contribution in [0.15, 0.2) is 71.6 Å². The highest BCUT2D eigenvalue weighted by molar-refractivity contribution is 7.92. The number of rotatable bonds is 13. The molecule has 226 valence electrons. The molecule has 0 unspecified atom stereocenters. The number of sulfonamides is 1. The zero-order valence-corrected chi connectivity index (χ0v) is 26.5. The summed E-state index contributed by atoms with van der Waals surface area (Å²) in [6.45, 7) is 5.12. The third kappa shape index (κ3) is 7.87. The van der Waals surface area contributed by atoms with Crippen LogP contribution in [0.1, 0.15) is 26.3 Å². The van der Waals surface area contributed by atoms with E-state index in [-0.39, 0.29) is 28.8 Å². The van der Waals surface area contributed by atoms with Gasteiger partial charge in [0.1, 0.15) is 12.6 Å². The van der Waals surface area contributed by atoms with Crippen LogP contribution < -0.4 is 19.1 Å². The number of hydrogen-bond donors (Lipinski definition) is 1. The maximum atomic E-state index is 14.1. The second-order valence-corrected chi connectivity index (χ2v) is 12.6. The number of carbonyl (C=O) groups excluding carboxylic acids is 2. The van der Waals surface area contributed by atoms with Crippen molar-refractivity contribution in [1.82, 2.24) is 10.2 Å². The number of anilines is 1. The molecule has 3 aromatic carbocycles. The fraction of sp³-hybridized carbons (Fsp3) is 0.333. The molecule has 12 heteroatoms. The van der Waals surface area contributed by atoms with Crippen molar-refractivity contribution < 1.29 is 27.5 Å². The number of amides is 2. The number of nitrogens with one attached hydrogen (secondary N) is 1. The highest BCUT2D eigenvalue weighted by Gasteiger charge is 2.33. The van der Waals surface area contributed by atoms with Gasteiger partial charge in [-0.05, 0) is 49.2 Å². The van der Waals surface area contributed by atoms with Gasteiger partial charge < -0.3 is 19.7 Å². The highest BCUT2D eigenvalue weighted by Crippen LogP contribution is 2.34. The number of halogens is 2. The first kappa shape index (κ1) is 33.0. The molecule has 1 N–H and O–H groups in total. The standard InChI is InChI=1S/C30H35Cl2N3O6S/c1-20(2)17-33-30(37)21(3)34(18-24-25(31)12-9-13-26(24)32)29(36)19-35(42(38,39)23-10-7-6-8-11-23)22-14-15-27(40-4)28(16-22)41-5/h6-16,20-21H,17-19H2,1-5H3,(H,33,37)/t21-/m1/s1. The van der Waals surface area contributed by atoms with Crippen molar-refractivity contribution in [2.45, 2.75) is 38.3 Å². The van der Waals surface area contributed by atoms with Crippen molar-refractivity contribution in [2.24, 2.45) is 5.92 Å². The van der Waals surface area contributed by atoms with E-state index in [0.29, 0.717) is 27.9 Å². The molecule has 0 aliphatic rings. The molecule has 0 aromatic heterocycles. The summed E-state index contributed by atoms with van der Waals surface area (Å²) < 4.78 is 39.6. The number of methoxy groups -OCH3 is 2. The SMILES string of the molecule is COc1ccc(N(CC(=O)N(Cc2c(Cl)cccc2Cl)[C@H](C)C(=O)NCC(C)C)S(=O)(=O)c2ccccc2)cc1OC. The van der Waals surface area contributed by atoms with Gasteiger partial charge in [-0.15, -0.1) is 0 Å². The largest absolute Gasteiger partial charge is 0.493 e. The van der Waals surface area contributed by atoms with Crippen LogP contribution in [0, 0.1) is 5.92 Å². The second-order valence-electron chi connectivity index (χ2n) is 9.90. The van der Waals surface area contributed by atoms with E-state index in [4.69, 9.17) is 32.7 Å². The van der Waals surface area contributed by atoms with Crippen LogP contribution in [0.5, 0.6) is 11.5 Å². The van der Waals surface area contributed by atoms with Gasteiger partial charge in [-0.2, -0.15) is 0 Å². The molecular formula is C30H35Cl2N3O6S. The van der Waals surface area contributed by atoms with E-state index in [0.717, 1.165) is 4.31 Å². The van der Waals surface area contributed by atoms with E-state index < -0.39 is 34.4 Å². The Kier molecular flexibility index (Phi) is 11.5. The number of carbonyl (C=O) groups is 2. The van der Waals surface area contributed by atoms with Crippen molar-refractivity contribution >= 4 is 50.7 Å². The average molecular weight is 637 g/mol. The van der Waals surface area contributed by atoms with Crippen molar-refractivity contribution in [1.29, 1.82) is 0 Å². The van der Waals surface area contributed by atoms with E-state index in [2.05, 4.69) is 5.32 Å². The van der Waals surface area contributed by atoms with E-state index in [1.807, 2.05) is 13.8 Å². The zero-order valence-electron chi connectivity index (χ0n) is 24.1. The third-order valence-electron chi connectivity index (χ3n) is 6.51. The molecule has 0 aliphatic carbocycles. The summed E-state index contributed by atoms with van der Waals surface area (Å²) in [6.07, 6.45) is 0. The first-order valence-corrected chi connectivity index (χ1v) is 15.4. The van der Waals surface area contributed by atoms with Gasteiger partial charge in [0.15, 0.2) is 11.5 Å². The van der Waals surface area contributed by atoms with E-state index in [1.165, 1.54) is 43.4 Å². The number of ether oxygens (including phenoxy) is 2. The van der Waals surface area contributed by atoms with Gasteiger partial charge in [0.05, 0.1) is 24.8 Å². The summed E-state index contributed by atoms with van der Waals surface area (Å²) in [7, 11) is -1.36. The van der Waals surface area contributed by atoms with Crippen LogP contribution in [0.25, 0.3) is 0 Å². The molecular weight excluding hydrogens is 601 g/mol. The Balaban J connectivity index is 2.10. The normalized spacial score (nSPS) is 12.0. The Hall–Kier alpha value is -3.47. The molecule has 3 rings (SSSR count). The summed E-state index contributed by atoms with van der Waals surface area (Å²) in [5, 5.41) is 3.46. The molecule has 0 radical (unpaired) electrons. The molecule has 9 nitrogen and oxygen atoms in total. The molecule has 0 saturated heterocycles. The van der Waals surface area contributed by atoms with Crippen molar-refractivity contribution in [3.8, 4) is 11.5 Å². The fourth-order valence-corrected chi connectivity index (χ4v) is 6.06. The predicted octanol–water partition coefficient (Wildman–Crippen LogP) is 5.40. The number of hydrogen-bond acceptors (Lipinski definition) is 6. The average Bonchev–Trinajstić information content (AvgIpc) is 2.98. The summed E-state index contributed by atoms with van der Waals surface area (Å²) in [4.78, 5) is 28.5. The van der Waals surface area contributed by atoms with Crippen LogP contribution in [0.2, 0.25) is 10.0 Å². The minimum absolute atomic E-state index is 0.0176. The number of benzene rings is 3. The van der Waals surface area contributed by atoms with Gasteiger partial charge >= 0.3 is 0 Å². The Morgan fingerprint density at radius 3 is 2.07 bits per heavy atom. The first-order valence-electron chi connectivity index (χ1n) is 13.2. The fourth-order valence-electron chi connectivity index (χ4n) is 4.12. The molecule has 2 amide bonds. The molecule has 0 spiro atoms. The molecule has 3 aromatic rings. The van der Waals surface area contributed by atoms with Crippen LogP contribution in [0.4, 0.5) is 5.69 Å². The second kappa shape index (κ2) is 14.6. The van der Waals surface area contributed by atoms with Crippen molar-refractivity contribution in [3.63, 3.8) is 0 Å². The van der Waals surface area contributed by atoms with Crippen molar-refractivity contribution in [3.05, 3.63) is 82.3 Å². The van der Waals surface area contributed by atoms with Crippen molar-refractivity contribution in [2.75, 3.05) is 31.6 Å². The van der Waals surface area contributed by atoms with Gasteiger partial charge in [-0.1, -0.05) is 61.3 Å². The first-order chi connectivity index (χ1) is 19.9. The lowest BCUT2D eigenvalue weighted by Gasteiger charge is -2.32. The molecule has 0 aliphatic heterocycles. The topological polar surface area (TPSA) is 105 Å². The molecule has 42 heavy (non-hydrogen) atoms. The summed E-state index contributed by atoms with van der Waals surface area (Å²) in [5.41, 5.74) is 0.596. The van der Waals surface area contributed by atoms with E-state index in [9.17, 15) is 18.0 Å². The Morgan fingerprint density at radius 2 is 1.50 bits per heavy atom. The van der Waals surface area contributed by atoms with Gasteiger partial charge in [-0.3, -0.25) is 13.9 Å². The molecule has 0 saturated carbocycles. The Labute approximate surface area is 257 Å². The lowest BCUT2D eigenvalue weighted by molar-refractivity contribution is -0.139. The predicted molar refractivity (Wildman–Crippen MR) is 165 cm³/mol. The number of nitrogens with zero attached hydrogens (tertiary/aromatic N) is 2. The lowest BCUT2D eigenvalue weighted by atomic mass is 10.1. The quantitative estimate of drug-likeness (QED) is 0.270. The highest BCUT2D eigenvalue weighted by atomic mass is 35.5. The zero-order chi connectivity index (χ0) is 31.0. The minimum atomic E-state index is -4.25. The van der Waals surface area contributed by atoms with Crippen LogP contribution >= 0.6 is 23.2 Å². The summed E-state index contributed by atoms with van der Waals surface area (Å²) in [6, 6.07) is 16.3. The molecule has 0 bridgehead atoms. The van der Waals surface area contributed by atoms with Crippen LogP contribution in [-0.2, 0) is 26.2 Å². The maximum absolute atomic E-state index is 14.1. The van der Waals surface area contributed by atoms with Crippen LogP contribution in [-0.4, -0.2) is 58.5 Å². The van der Waals surface area contributed by atoms with Crippen LogP contribution in [0.3, 0.4) is 0 Å². The maximum Gasteiger partial charge on any atom is 0.264 e. The van der Waals surface area contributed by atoms with Gasteiger partial charge in [0.2, 0.25) is 11.8 Å². The van der Waals surface area contributed by atoms with Gasteiger partial charge in [0.25, 0.3) is 10.0 Å². The Morgan fingerprint density at radius 1 is 0.881 bits per heavy atom. The minimum Gasteiger partial charge on any atom is -0.493 e.